The molecule has 2 aliphatic rings. The number of piperidine rings is 1. The summed E-state index contributed by atoms with van der Waals surface area (Å²) in [6.45, 7) is 4.86. The van der Waals surface area contributed by atoms with Crippen molar-refractivity contribution in [1.82, 2.24) is 20.2 Å². The Morgan fingerprint density at radius 3 is 2.51 bits per heavy atom. The number of amides is 3. The number of urea groups is 1. The lowest BCUT2D eigenvalue weighted by atomic mass is 10.0. The average Bonchev–Trinajstić information content (AvgIpc) is 3.33. The number of nitrogens with zero attached hydrogens (tertiary/aromatic N) is 4. The molecule has 0 bridgehead atoms. The van der Waals surface area contributed by atoms with Gasteiger partial charge in [-0.25, -0.2) is 14.8 Å². The second-order valence-corrected chi connectivity index (χ2v) is 9.42. The highest BCUT2D eigenvalue weighted by atomic mass is 19.4. The SMILES string of the molecule is Cc1nc(N2CCC(N3CCNC3=O)CC2)nc2ccc(NC(=O)/C=C/c3ccc(OC(F)(F)F)cc3)cc12. The van der Waals surface area contributed by atoms with E-state index in [9.17, 15) is 22.8 Å². The van der Waals surface area contributed by atoms with Gasteiger partial charge in [0.25, 0.3) is 0 Å². The Kier molecular flexibility index (Phi) is 7.27. The van der Waals surface area contributed by atoms with Crippen molar-refractivity contribution >= 4 is 40.6 Å². The minimum atomic E-state index is -4.76. The summed E-state index contributed by atoms with van der Waals surface area (Å²) in [4.78, 5) is 37.9. The Labute approximate surface area is 222 Å². The van der Waals surface area contributed by atoms with Crippen molar-refractivity contribution in [2.45, 2.75) is 32.2 Å². The first-order valence-electron chi connectivity index (χ1n) is 12.6. The smallest absolute Gasteiger partial charge is 0.406 e. The zero-order valence-electron chi connectivity index (χ0n) is 21.2. The van der Waals surface area contributed by atoms with Crippen LogP contribution in [0.1, 0.15) is 24.1 Å². The summed E-state index contributed by atoms with van der Waals surface area (Å²) in [5.74, 6) is -0.0768. The van der Waals surface area contributed by atoms with E-state index in [-0.39, 0.29) is 17.8 Å². The van der Waals surface area contributed by atoms with Gasteiger partial charge in [0, 0.05) is 49.4 Å². The fraction of sp³-hybridized carbons (Fsp3) is 0.333. The van der Waals surface area contributed by atoms with E-state index in [0.29, 0.717) is 23.7 Å². The first-order chi connectivity index (χ1) is 18.6. The van der Waals surface area contributed by atoms with Crippen molar-refractivity contribution in [2.24, 2.45) is 0 Å². The van der Waals surface area contributed by atoms with Crippen molar-refractivity contribution in [3.63, 3.8) is 0 Å². The number of fused-ring (bicyclic) bond motifs is 1. The quantitative estimate of drug-likeness (QED) is 0.448. The van der Waals surface area contributed by atoms with Crippen molar-refractivity contribution < 1.29 is 27.5 Å². The number of alkyl halides is 3. The van der Waals surface area contributed by atoms with Gasteiger partial charge >= 0.3 is 12.4 Å². The number of hydrogen-bond acceptors (Lipinski definition) is 6. The molecule has 5 rings (SSSR count). The average molecular weight is 541 g/mol. The highest BCUT2D eigenvalue weighted by Gasteiger charge is 2.32. The van der Waals surface area contributed by atoms with Gasteiger partial charge in [0.05, 0.1) is 11.2 Å². The van der Waals surface area contributed by atoms with Gasteiger partial charge in [-0.15, -0.1) is 13.2 Å². The molecule has 0 atom stereocenters. The van der Waals surface area contributed by atoms with Crippen LogP contribution >= 0.6 is 0 Å². The summed E-state index contributed by atoms with van der Waals surface area (Å²) in [6.07, 6.45) is -0.248. The molecule has 39 heavy (non-hydrogen) atoms. The maximum absolute atomic E-state index is 12.4. The Bertz CT molecular complexity index is 1400. The van der Waals surface area contributed by atoms with E-state index in [0.717, 1.165) is 49.1 Å². The molecule has 0 aliphatic carbocycles. The van der Waals surface area contributed by atoms with Crippen LogP contribution in [0.2, 0.25) is 0 Å². The van der Waals surface area contributed by atoms with E-state index in [2.05, 4.69) is 20.3 Å². The summed E-state index contributed by atoms with van der Waals surface area (Å²) in [5, 5.41) is 6.45. The second-order valence-electron chi connectivity index (χ2n) is 9.42. The zero-order chi connectivity index (χ0) is 27.6. The molecule has 0 radical (unpaired) electrons. The van der Waals surface area contributed by atoms with Gasteiger partial charge in [0.2, 0.25) is 11.9 Å². The van der Waals surface area contributed by atoms with Crippen molar-refractivity contribution in [2.75, 3.05) is 36.4 Å². The number of carbonyl (C=O) groups excluding carboxylic acids is 2. The molecular weight excluding hydrogens is 513 g/mol. The molecule has 3 heterocycles. The summed E-state index contributed by atoms with van der Waals surface area (Å²) in [7, 11) is 0. The molecule has 2 N–H and O–H groups in total. The number of rotatable bonds is 6. The molecular formula is C27H27F3N6O3. The fourth-order valence-corrected chi connectivity index (χ4v) is 4.83. The molecule has 2 saturated heterocycles. The lowest BCUT2D eigenvalue weighted by molar-refractivity contribution is -0.274. The summed E-state index contributed by atoms with van der Waals surface area (Å²) in [6, 6.07) is 10.8. The third-order valence-electron chi connectivity index (χ3n) is 6.76. The maximum atomic E-state index is 12.4. The Balaban J connectivity index is 1.20. The first-order valence-corrected chi connectivity index (χ1v) is 12.6. The monoisotopic (exact) mass is 540 g/mol. The molecule has 3 amide bonds. The van der Waals surface area contributed by atoms with E-state index in [1.165, 1.54) is 36.4 Å². The Morgan fingerprint density at radius 2 is 1.85 bits per heavy atom. The predicted molar refractivity (Wildman–Crippen MR) is 140 cm³/mol. The standard InChI is InChI=1S/C27H27F3N6O3/c1-17-22-16-19(33-24(37)9-4-18-2-6-21(7-3-18)39-27(28,29)30)5-8-23(22)34-25(32-17)35-13-10-20(11-14-35)36-15-12-31-26(36)38/h2-9,16,20H,10-15H2,1H3,(H,31,38)(H,33,37)/b9-4+. The van der Waals surface area contributed by atoms with Crippen LogP contribution in [0.5, 0.6) is 5.75 Å². The summed E-state index contributed by atoms with van der Waals surface area (Å²) in [5.41, 5.74) is 2.65. The number of carbonyl (C=O) groups is 2. The van der Waals surface area contributed by atoms with E-state index >= 15 is 0 Å². The van der Waals surface area contributed by atoms with Gasteiger partial charge in [0.1, 0.15) is 5.75 Å². The van der Waals surface area contributed by atoms with E-state index in [1.807, 2.05) is 24.0 Å². The number of aryl methyl sites for hydroxylation is 1. The largest absolute Gasteiger partial charge is 0.573 e. The molecule has 9 nitrogen and oxygen atoms in total. The molecule has 12 heteroatoms. The van der Waals surface area contributed by atoms with Gasteiger partial charge in [-0.05, 0) is 61.7 Å². The molecule has 2 fully saturated rings. The van der Waals surface area contributed by atoms with Gasteiger partial charge in [-0.2, -0.15) is 0 Å². The van der Waals surface area contributed by atoms with Crippen LogP contribution in [0, 0.1) is 6.92 Å². The van der Waals surface area contributed by atoms with Gasteiger partial charge in [0.15, 0.2) is 0 Å². The lowest BCUT2D eigenvalue weighted by Gasteiger charge is -2.36. The number of ether oxygens (including phenoxy) is 1. The number of aromatic nitrogens is 2. The summed E-state index contributed by atoms with van der Waals surface area (Å²) >= 11 is 0. The second kappa shape index (κ2) is 10.8. The van der Waals surface area contributed by atoms with Crippen molar-refractivity contribution in [3.05, 3.63) is 59.8 Å². The van der Waals surface area contributed by atoms with Gasteiger partial charge in [-0.1, -0.05) is 12.1 Å². The first kappa shape index (κ1) is 26.3. The zero-order valence-corrected chi connectivity index (χ0v) is 21.2. The van der Waals surface area contributed by atoms with Crippen LogP contribution < -0.4 is 20.3 Å². The lowest BCUT2D eigenvalue weighted by Crippen LogP contribution is -2.46. The number of hydrogen-bond donors (Lipinski definition) is 2. The molecule has 3 aromatic rings. The Morgan fingerprint density at radius 1 is 1.10 bits per heavy atom. The normalized spacial score (nSPS) is 16.7. The van der Waals surface area contributed by atoms with Crippen LogP contribution in [0.3, 0.4) is 0 Å². The van der Waals surface area contributed by atoms with Crippen LogP contribution in [0.4, 0.5) is 29.6 Å². The Hall–Kier alpha value is -4.35. The third-order valence-corrected chi connectivity index (χ3v) is 6.76. The molecule has 0 unspecified atom stereocenters. The third kappa shape index (κ3) is 6.39. The molecule has 0 saturated carbocycles. The number of anilines is 2. The van der Waals surface area contributed by atoms with E-state index < -0.39 is 12.3 Å². The molecule has 0 spiro atoms. The molecule has 1 aromatic heterocycles. The maximum Gasteiger partial charge on any atom is 0.573 e. The minimum absolute atomic E-state index is 0.0123. The van der Waals surface area contributed by atoms with Crippen LogP contribution in [-0.4, -0.2) is 65.4 Å². The van der Waals surface area contributed by atoms with Crippen molar-refractivity contribution in [1.29, 1.82) is 0 Å². The van der Waals surface area contributed by atoms with Crippen molar-refractivity contribution in [3.8, 4) is 5.75 Å². The topological polar surface area (TPSA) is 99.7 Å². The summed E-state index contributed by atoms with van der Waals surface area (Å²) < 4.78 is 40.7. The fourth-order valence-electron chi connectivity index (χ4n) is 4.83. The number of benzene rings is 2. The van der Waals surface area contributed by atoms with E-state index in [1.54, 1.807) is 6.07 Å². The van der Waals surface area contributed by atoms with E-state index in [4.69, 9.17) is 9.97 Å². The van der Waals surface area contributed by atoms with Crippen LogP contribution in [0.15, 0.2) is 48.5 Å². The van der Waals surface area contributed by atoms with Crippen LogP contribution in [-0.2, 0) is 4.79 Å². The van der Waals surface area contributed by atoms with Gasteiger partial charge < -0.3 is 25.2 Å². The highest BCUT2D eigenvalue weighted by Crippen LogP contribution is 2.26. The van der Waals surface area contributed by atoms with Crippen LogP contribution in [0.25, 0.3) is 17.0 Å². The minimum Gasteiger partial charge on any atom is -0.406 e. The van der Waals surface area contributed by atoms with Gasteiger partial charge in [-0.3, -0.25) is 4.79 Å². The molecule has 2 aliphatic heterocycles. The molecule has 2 aromatic carbocycles. The predicted octanol–water partition coefficient (Wildman–Crippen LogP) is 4.48. The molecule has 204 valence electrons. The number of nitrogens with one attached hydrogen (secondary N) is 2. The highest BCUT2D eigenvalue weighted by molar-refractivity contribution is 6.03. The number of halogens is 3.